The van der Waals surface area contributed by atoms with E-state index in [2.05, 4.69) is 0 Å². The number of ether oxygens (including phenoxy) is 1. The molecule has 1 N–H and O–H groups in total. The zero-order valence-corrected chi connectivity index (χ0v) is 10.1. The van der Waals surface area contributed by atoms with Crippen molar-refractivity contribution in [2.45, 2.75) is 6.42 Å². The highest BCUT2D eigenvalue weighted by Gasteiger charge is 1.97. The van der Waals surface area contributed by atoms with Gasteiger partial charge in [0.1, 0.15) is 5.75 Å². The highest BCUT2D eigenvalue weighted by Crippen LogP contribution is 2.22. The van der Waals surface area contributed by atoms with Crippen LogP contribution in [0.5, 0.6) is 5.75 Å². The van der Waals surface area contributed by atoms with Crippen LogP contribution in [0.3, 0.4) is 0 Å². The molecule has 0 aromatic heterocycles. The zero-order valence-electron chi connectivity index (χ0n) is 10.1. The Labute approximate surface area is 105 Å². The standard InChI is InChI=1S/C15H14O3/c1-18-14-8-7-12-9-11(3-2-4-15(16)17)5-6-13(12)10-14/h2-3,5-10H,4H2,1H3,(H,16,17). The third-order valence-electron chi connectivity index (χ3n) is 2.67. The van der Waals surface area contributed by atoms with Gasteiger partial charge in [0.2, 0.25) is 0 Å². The average Bonchev–Trinajstić information content (AvgIpc) is 2.37. The number of carboxylic acids is 1. The van der Waals surface area contributed by atoms with Crippen LogP contribution in [-0.2, 0) is 4.79 Å². The lowest BCUT2D eigenvalue weighted by atomic mass is 10.1. The normalized spacial score (nSPS) is 10.9. The molecule has 0 aliphatic rings. The maximum absolute atomic E-state index is 10.4. The summed E-state index contributed by atoms with van der Waals surface area (Å²) < 4.78 is 5.16. The molecule has 2 rings (SSSR count). The van der Waals surface area contributed by atoms with Gasteiger partial charge in [-0.2, -0.15) is 0 Å². The number of benzene rings is 2. The van der Waals surface area contributed by atoms with Gasteiger partial charge in [0.25, 0.3) is 0 Å². The number of carbonyl (C=O) groups is 1. The Morgan fingerprint density at radius 2 is 1.94 bits per heavy atom. The van der Waals surface area contributed by atoms with Crippen molar-refractivity contribution < 1.29 is 14.6 Å². The Balaban J connectivity index is 2.27. The number of fused-ring (bicyclic) bond motifs is 1. The molecular weight excluding hydrogens is 228 g/mol. The van der Waals surface area contributed by atoms with Crippen LogP contribution >= 0.6 is 0 Å². The van der Waals surface area contributed by atoms with E-state index in [9.17, 15) is 4.79 Å². The van der Waals surface area contributed by atoms with Gasteiger partial charge in [-0.3, -0.25) is 4.79 Å². The topological polar surface area (TPSA) is 46.5 Å². The summed E-state index contributed by atoms with van der Waals surface area (Å²) in [4.78, 5) is 10.4. The van der Waals surface area contributed by atoms with Crippen LogP contribution in [0, 0.1) is 0 Å². The predicted octanol–water partition coefficient (Wildman–Crippen LogP) is 3.34. The maximum Gasteiger partial charge on any atom is 0.307 e. The summed E-state index contributed by atoms with van der Waals surface area (Å²) >= 11 is 0. The van der Waals surface area contributed by atoms with Gasteiger partial charge in [0.05, 0.1) is 13.5 Å². The van der Waals surface area contributed by atoms with E-state index in [-0.39, 0.29) is 6.42 Å². The van der Waals surface area contributed by atoms with E-state index in [0.717, 1.165) is 22.1 Å². The molecule has 0 fully saturated rings. The van der Waals surface area contributed by atoms with Crippen molar-refractivity contribution in [3.05, 3.63) is 48.0 Å². The van der Waals surface area contributed by atoms with Crippen LogP contribution in [0.25, 0.3) is 16.8 Å². The second-order valence-corrected chi connectivity index (χ2v) is 3.97. The van der Waals surface area contributed by atoms with Crippen molar-refractivity contribution in [1.82, 2.24) is 0 Å². The molecule has 2 aromatic rings. The molecule has 0 radical (unpaired) electrons. The van der Waals surface area contributed by atoms with E-state index < -0.39 is 5.97 Å². The molecule has 0 unspecified atom stereocenters. The molecule has 3 heteroatoms. The van der Waals surface area contributed by atoms with E-state index in [4.69, 9.17) is 9.84 Å². The third-order valence-corrected chi connectivity index (χ3v) is 2.67. The fourth-order valence-electron chi connectivity index (χ4n) is 1.77. The minimum atomic E-state index is -0.822. The first-order chi connectivity index (χ1) is 8.69. The van der Waals surface area contributed by atoms with Gasteiger partial charge in [-0.05, 0) is 34.5 Å². The molecule has 18 heavy (non-hydrogen) atoms. The summed E-state index contributed by atoms with van der Waals surface area (Å²) in [6, 6.07) is 11.8. The Bertz CT molecular complexity index is 600. The average molecular weight is 242 g/mol. The molecule has 0 aliphatic carbocycles. The lowest BCUT2D eigenvalue weighted by molar-refractivity contribution is -0.135. The van der Waals surface area contributed by atoms with Crippen LogP contribution in [0.1, 0.15) is 12.0 Å². The van der Waals surface area contributed by atoms with Crippen molar-refractivity contribution in [1.29, 1.82) is 0 Å². The van der Waals surface area contributed by atoms with Gasteiger partial charge in [-0.1, -0.05) is 30.4 Å². The minimum Gasteiger partial charge on any atom is -0.497 e. The van der Waals surface area contributed by atoms with Crippen molar-refractivity contribution in [2.75, 3.05) is 7.11 Å². The largest absolute Gasteiger partial charge is 0.497 e. The summed E-state index contributed by atoms with van der Waals surface area (Å²) in [5, 5.41) is 10.8. The lowest BCUT2D eigenvalue weighted by Gasteiger charge is -2.03. The number of rotatable bonds is 4. The molecule has 92 valence electrons. The second kappa shape index (κ2) is 5.36. The summed E-state index contributed by atoms with van der Waals surface area (Å²) in [6.45, 7) is 0. The summed E-state index contributed by atoms with van der Waals surface area (Å²) in [6.07, 6.45) is 3.51. The quantitative estimate of drug-likeness (QED) is 0.894. The SMILES string of the molecule is COc1ccc2cc(C=CCC(=O)O)ccc2c1. The van der Waals surface area contributed by atoms with Gasteiger partial charge in [-0.25, -0.2) is 0 Å². The first kappa shape index (κ1) is 12.2. The fourth-order valence-corrected chi connectivity index (χ4v) is 1.77. The smallest absolute Gasteiger partial charge is 0.307 e. The number of aliphatic carboxylic acids is 1. The Morgan fingerprint density at radius 3 is 2.67 bits per heavy atom. The van der Waals surface area contributed by atoms with Gasteiger partial charge >= 0.3 is 5.97 Å². The molecule has 0 aliphatic heterocycles. The van der Waals surface area contributed by atoms with Gasteiger partial charge < -0.3 is 9.84 Å². The van der Waals surface area contributed by atoms with Gasteiger partial charge in [-0.15, -0.1) is 0 Å². The number of carboxylic acid groups (broad SMARTS) is 1. The highest BCUT2D eigenvalue weighted by atomic mass is 16.5. The molecule has 0 spiro atoms. The van der Waals surface area contributed by atoms with E-state index in [1.54, 1.807) is 13.2 Å². The molecular formula is C15H14O3. The molecule has 0 amide bonds. The Morgan fingerprint density at radius 1 is 1.22 bits per heavy atom. The first-order valence-electron chi connectivity index (χ1n) is 5.65. The number of methoxy groups -OCH3 is 1. The van der Waals surface area contributed by atoms with E-state index in [1.807, 2.05) is 42.5 Å². The maximum atomic E-state index is 10.4. The molecule has 3 nitrogen and oxygen atoms in total. The van der Waals surface area contributed by atoms with Gasteiger partial charge in [0, 0.05) is 0 Å². The van der Waals surface area contributed by atoms with Crippen molar-refractivity contribution in [3.63, 3.8) is 0 Å². The van der Waals surface area contributed by atoms with Crippen LogP contribution < -0.4 is 4.74 Å². The summed E-state index contributed by atoms with van der Waals surface area (Å²) in [5.74, 6) is 0.00782. The first-order valence-corrected chi connectivity index (χ1v) is 5.65. The number of hydrogen-bond donors (Lipinski definition) is 1. The van der Waals surface area contributed by atoms with Crippen LogP contribution in [0.4, 0.5) is 0 Å². The fraction of sp³-hybridized carbons (Fsp3) is 0.133. The number of hydrogen-bond acceptors (Lipinski definition) is 2. The van der Waals surface area contributed by atoms with E-state index in [0.29, 0.717) is 0 Å². The molecule has 0 saturated carbocycles. The van der Waals surface area contributed by atoms with Crippen LogP contribution in [-0.4, -0.2) is 18.2 Å². The third kappa shape index (κ3) is 2.88. The Hall–Kier alpha value is -2.29. The lowest BCUT2D eigenvalue weighted by Crippen LogP contribution is -1.89. The summed E-state index contributed by atoms with van der Waals surface area (Å²) in [5.41, 5.74) is 0.994. The minimum absolute atomic E-state index is 0.0423. The van der Waals surface area contributed by atoms with Gasteiger partial charge in [0.15, 0.2) is 0 Å². The van der Waals surface area contributed by atoms with Crippen molar-refractivity contribution in [2.24, 2.45) is 0 Å². The van der Waals surface area contributed by atoms with Crippen LogP contribution in [0.2, 0.25) is 0 Å². The molecule has 0 atom stereocenters. The molecule has 0 heterocycles. The monoisotopic (exact) mass is 242 g/mol. The predicted molar refractivity (Wildman–Crippen MR) is 71.8 cm³/mol. The van der Waals surface area contributed by atoms with Crippen molar-refractivity contribution >= 4 is 22.8 Å². The zero-order chi connectivity index (χ0) is 13.0. The van der Waals surface area contributed by atoms with Crippen LogP contribution in [0.15, 0.2) is 42.5 Å². The Kier molecular flexibility index (Phi) is 3.63. The van der Waals surface area contributed by atoms with E-state index in [1.165, 1.54) is 0 Å². The summed E-state index contributed by atoms with van der Waals surface area (Å²) in [7, 11) is 1.64. The second-order valence-electron chi connectivity index (χ2n) is 3.97. The molecule has 0 saturated heterocycles. The highest BCUT2D eigenvalue weighted by molar-refractivity contribution is 5.86. The molecule has 0 bridgehead atoms. The van der Waals surface area contributed by atoms with Crippen molar-refractivity contribution in [3.8, 4) is 5.75 Å². The molecule has 2 aromatic carbocycles. The van der Waals surface area contributed by atoms with E-state index >= 15 is 0 Å².